The predicted octanol–water partition coefficient (Wildman–Crippen LogP) is 7.46. The molecular formula is C42H54N2O11. The fourth-order valence-electron chi connectivity index (χ4n) is 6.79. The summed E-state index contributed by atoms with van der Waals surface area (Å²) < 4.78 is 40.6. The van der Waals surface area contributed by atoms with Crippen molar-refractivity contribution in [2.45, 2.75) is 57.3 Å². The number of nitrogens with one attached hydrogen (secondary N) is 1. The van der Waals surface area contributed by atoms with Gasteiger partial charge in [-0.25, -0.2) is 4.79 Å². The molecule has 298 valence electrons. The van der Waals surface area contributed by atoms with Gasteiger partial charge in [-0.15, -0.1) is 0 Å². The highest BCUT2D eigenvalue weighted by atomic mass is 17.1. The molecule has 1 aliphatic heterocycles. The molecular weight excluding hydrogens is 708 g/mol. The van der Waals surface area contributed by atoms with E-state index >= 15 is 0 Å². The second-order valence-electron chi connectivity index (χ2n) is 13.4. The minimum Gasteiger partial charge on any atom is -0.496 e. The quantitative estimate of drug-likeness (QED) is 0.0391. The van der Waals surface area contributed by atoms with Gasteiger partial charge in [-0.05, 0) is 66.1 Å². The Morgan fingerprint density at radius 2 is 1.53 bits per heavy atom. The number of methoxy groups -OCH3 is 2. The van der Waals surface area contributed by atoms with E-state index in [-0.39, 0.29) is 43.2 Å². The lowest BCUT2D eigenvalue weighted by molar-refractivity contribution is -0.492. The van der Waals surface area contributed by atoms with E-state index in [9.17, 15) is 4.79 Å². The van der Waals surface area contributed by atoms with E-state index in [0.717, 1.165) is 64.0 Å². The summed E-state index contributed by atoms with van der Waals surface area (Å²) >= 11 is 0. The third-order valence-electron chi connectivity index (χ3n) is 9.53. The first-order valence-electron chi connectivity index (χ1n) is 18.9. The van der Waals surface area contributed by atoms with E-state index in [1.165, 1.54) is 0 Å². The van der Waals surface area contributed by atoms with Crippen LogP contribution in [0.4, 0.5) is 4.79 Å². The standard InChI is InChI=1S/C42H54N2O11/c1-48-38-15-8-6-13-34(38)29-50-20-11-22-51-36-18-16-32(17-19-36)41-35(30-54-42(45)52-21-9-3-4-10-23-55-44(46)47)26-43-27-40(41)53-28-31-24-33-12-5-7-14-37(33)39(25-31)49-2/h5-8,12-19,24-25,35,40-41,43,46-47H,3-4,9-11,20-23,26-30H2,1-2H3. The van der Waals surface area contributed by atoms with Gasteiger partial charge in [0, 0.05) is 42.3 Å². The molecule has 55 heavy (non-hydrogen) atoms. The van der Waals surface area contributed by atoms with E-state index in [4.69, 9.17) is 43.6 Å². The van der Waals surface area contributed by atoms with Crippen molar-refractivity contribution in [2.24, 2.45) is 5.92 Å². The molecule has 1 heterocycles. The third-order valence-corrected chi connectivity index (χ3v) is 9.53. The van der Waals surface area contributed by atoms with Gasteiger partial charge in [0.15, 0.2) is 0 Å². The molecule has 4 aromatic carbocycles. The van der Waals surface area contributed by atoms with Crippen molar-refractivity contribution in [3.63, 3.8) is 0 Å². The van der Waals surface area contributed by atoms with Crippen LogP contribution in [0.5, 0.6) is 17.2 Å². The van der Waals surface area contributed by atoms with Gasteiger partial charge in [0.05, 0.1) is 72.0 Å². The Labute approximate surface area is 322 Å². The van der Waals surface area contributed by atoms with Crippen LogP contribution < -0.4 is 19.5 Å². The molecule has 0 bridgehead atoms. The second-order valence-corrected chi connectivity index (χ2v) is 13.4. The van der Waals surface area contributed by atoms with Gasteiger partial charge in [0.1, 0.15) is 17.2 Å². The maximum Gasteiger partial charge on any atom is 0.508 e. The third kappa shape index (κ3) is 13.4. The summed E-state index contributed by atoms with van der Waals surface area (Å²) in [7, 11) is 3.33. The highest BCUT2D eigenvalue weighted by Gasteiger charge is 2.36. The number of hydrogen-bond donors (Lipinski definition) is 3. The molecule has 0 aromatic heterocycles. The molecule has 4 aromatic rings. The molecule has 13 heteroatoms. The molecule has 0 amide bonds. The van der Waals surface area contributed by atoms with Crippen molar-refractivity contribution >= 4 is 16.9 Å². The van der Waals surface area contributed by atoms with Crippen LogP contribution in [0.1, 0.15) is 54.7 Å². The van der Waals surface area contributed by atoms with Crippen LogP contribution in [0.25, 0.3) is 10.8 Å². The molecule has 3 unspecified atom stereocenters. The molecule has 3 atom stereocenters. The van der Waals surface area contributed by atoms with Crippen LogP contribution in [-0.2, 0) is 37.0 Å². The van der Waals surface area contributed by atoms with Gasteiger partial charge in [0.2, 0.25) is 0 Å². The number of fused-ring (bicyclic) bond motifs is 1. The average Bonchev–Trinajstić information content (AvgIpc) is 3.21. The van der Waals surface area contributed by atoms with Gasteiger partial charge in [-0.2, -0.15) is 0 Å². The smallest absolute Gasteiger partial charge is 0.496 e. The minimum absolute atomic E-state index is 0.0789. The normalized spacial score (nSPS) is 16.9. The number of ether oxygens (including phenoxy) is 7. The number of hydrogen-bond acceptors (Lipinski definition) is 13. The number of para-hydroxylation sites is 1. The van der Waals surface area contributed by atoms with E-state index in [0.29, 0.717) is 52.4 Å². The van der Waals surface area contributed by atoms with Crippen LogP contribution in [0.2, 0.25) is 0 Å². The van der Waals surface area contributed by atoms with E-state index in [1.807, 2.05) is 60.7 Å². The zero-order valence-corrected chi connectivity index (χ0v) is 31.7. The molecule has 5 rings (SSSR count). The van der Waals surface area contributed by atoms with Crippen molar-refractivity contribution < 1.29 is 53.2 Å². The zero-order valence-electron chi connectivity index (χ0n) is 31.7. The number of rotatable bonds is 23. The first-order valence-corrected chi connectivity index (χ1v) is 18.9. The van der Waals surface area contributed by atoms with Crippen LogP contribution in [0, 0.1) is 5.92 Å². The molecule has 1 aliphatic rings. The monoisotopic (exact) mass is 762 g/mol. The SMILES string of the molecule is COc1ccccc1COCCCOc1ccc(C2C(COC(=O)OCCCCCCON(O)O)CNCC2OCc2cc(OC)c3ccccc3c2)cc1. The van der Waals surface area contributed by atoms with Crippen molar-refractivity contribution in [1.82, 2.24) is 10.7 Å². The molecule has 13 nitrogen and oxygen atoms in total. The summed E-state index contributed by atoms with van der Waals surface area (Å²) in [5, 5.41) is 22.5. The second kappa shape index (κ2) is 22.8. The summed E-state index contributed by atoms with van der Waals surface area (Å²) in [6, 6.07) is 28.2. The molecule has 0 spiro atoms. The van der Waals surface area contributed by atoms with Crippen LogP contribution in [0.15, 0.2) is 84.9 Å². The van der Waals surface area contributed by atoms with Crippen molar-refractivity contribution in [3.8, 4) is 17.2 Å². The highest BCUT2D eigenvalue weighted by molar-refractivity contribution is 5.89. The topological polar surface area (TPSA) is 147 Å². The largest absolute Gasteiger partial charge is 0.508 e. The Morgan fingerprint density at radius 1 is 0.764 bits per heavy atom. The number of carbonyl (C=O) groups excluding carboxylic acids is 1. The van der Waals surface area contributed by atoms with Crippen LogP contribution in [-0.4, -0.2) is 88.4 Å². The summed E-state index contributed by atoms with van der Waals surface area (Å²) in [5.41, 5.74) is 3.07. The van der Waals surface area contributed by atoms with Gasteiger partial charge in [-0.3, -0.25) is 15.3 Å². The number of piperidine rings is 1. The number of unbranched alkanes of at least 4 members (excludes halogenated alkanes) is 3. The Morgan fingerprint density at radius 3 is 2.33 bits per heavy atom. The summed E-state index contributed by atoms with van der Waals surface area (Å²) in [5.74, 6) is 2.21. The molecule has 0 saturated carbocycles. The van der Waals surface area contributed by atoms with E-state index in [2.05, 4.69) is 34.4 Å². The zero-order chi connectivity index (χ0) is 38.7. The van der Waals surface area contributed by atoms with Gasteiger partial charge < -0.3 is 38.5 Å². The average molecular weight is 763 g/mol. The summed E-state index contributed by atoms with van der Waals surface area (Å²) in [6.45, 7) is 3.76. The maximum atomic E-state index is 12.6. The molecule has 1 fully saturated rings. The highest BCUT2D eigenvalue weighted by Crippen LogP contribution is 2.35. The first kappa shape index (κ1) is 41.7. The maximum absolute atomic E-state index is 12.6. The fraction of sp³-hybridized carbons (Fsp3) is 0.452. The minimum atomic E-state index is -0.708. The van der Waals surface area contributed by atoms with E-state index in [1.54, 1.807) is 14.2 Å². The van der Waals surface area contributed by atoms with Gasteiger partial charge in [0.25, 0.3) is 0 Å². The van der Waals surface area contributed by atoms with E-state index < -0.39 is 6.16 Å². The number of nitrogens with zero attached hydrogens (tertiary/aromatic N) is 1. The fourth-order valence-corrected chi connectivity index (χ4v) is 6.79. The summed E-state index contributed by atoms with van der Waals surface area (Å²) in [6.07, 6.45) is 2.70. The Hall–Kier alpha value is -4.47. The molecule has 3 N–H and O–H groups in total. The van der Waals surface area contributed by atoms with Gasteiger partial charge >= 0.3 is 6.16 Å². The Balaban J connectivity index is 1.16. The first-order chi connectivity index (χ1) is 26.9. The Bertz CT molecular complexity index is 1720. The Kier molecular flexibility index (Phi) is 17.3. The van der Waals surface area contributed by atoms with Crippen molar-refractivity contribution in [1.29, 1.82) is 0 Å². The number of benzene rings is 4. The van der Waals surface area contributed by atoms with Crippen molar-refractivity contribution in [3.05, 3.63) is 102 Å². The number of carbonyl (C=O) groups is 1. The van der Waals surface area contributed by atoms with Crippen molar-refractivity contribution in [2.75, 3.05) is 60.3 Å². The van der Waals surface area contributed by atoms with Crippen LogP contribution >= 0.6 is 0 Å². The lowest BCUT2D eigenvalue weighted by Crippen LogP contribution is -2.48. The lowest BCUT2D eigenvalue weighted by Gasteiger charge is -2.38. The van der Waals surface area contributed by atoms with Gasteiger partial charge in [-0.1, -0.05) is 61.0 Å². The molecule has 0 aliphatic carbocycles. The van der Waals surface area contributed by atoms with Crippen LogP contribution in [0.3, 0.4) is 0 Å². The molecule has 1 saturated heterocycles. The lowest BCUT2D eigenvalue weighted by atomic mass is 9.79. The summed E-state index contributed by atoms with van der Waals surface area (Å²) in [4.78, 5) is 17.1. The predicted molar refractivity (Wildman–Crippen MR) is 205 cm³/mol. The molecule has 0 radical (unpaired) electrons.